The lowest BCUT2D eigenvalue weighted by atomic mass is 10.1. The van der Waals surface area contributed by atoms with E-state index in [2.05, 4.69) is 15.6 Å². The molecule has 2 aliphatic rings. The highest BCUT2D eigenvalue weighted by atomic mass is 19.3. The van der Waals surface area contributed by atoms with Gasteiger partial charge in [0.15, 0.2) is 0 Å². The third-order valence-corrected chi connectivity index (χ3v) is 5.78. The van der Waals surface area contributed by atoms with Crippen LogP contribution in [0.4, 0.5) is 8.78 Å². The van der Waals surface area contributed by atoms with Gasteiger partial charge in [-0.1, -0.05) is 24.3 Å². The van der Waals surface area contributed by atoms with Crippen LogP contribution >= 0.6 is 0 Å². The Hall–Kier alpha value is -2.91. The summed E-state index contributed by atoms with van der Waals surface area (Å²) in [4.78, 5) is 29.7. The monoisotopic (exact) mass is 430 g/mol. The van der Waals surface area contributed by atoms with Gasteiger partial charge in [-0.15, -0.1) is 0 Å². The molecule has 0 bridgehead atoms. The summed E-state index contributed by atoms with van der Waals surface area (Å²) in [5.74, 6) is -5.27. The minimum atomic E-state index is -3.74. The molecule has 0 spiro atoms. The molecule has 0 radical (unpaired) electrons. The number of halogens is 2. The topological polar surface area (TPSA) is 94.6 Å². The second kappa shape index (κ2) is 8.32. The van der Waals surface area contributed by atoms with Gasteiger partial charge in [0.2, 0.25) is 5.91 Å². The molecule has 0 saturated carbocycles. The number of piperidine rings is 1. The Morgan fingerprint density at radius 1 is 1.35 bits per heavy atom. The largest absolute Gasteiger partial charge is 0.374 e. The molecule has 0 aliphatic carbocycles. The molecule has 1 fully saturated rings. The Morgan fingerprint density at radius 3 is 2.87 bits per heavy atom. The number of nitrogens with one attached hydrogen (secondary N) is 2. The number of nitrogens with zero attached hydrogens (tertiary/aromatic N) is 2. The molecule has 1 unspecified atom stereocenters. The normalized spacial score (nSPS) is 21.5. The van der Waals surface area contributed by atoms with Crippen LogP contribution in [0.15, 0.2) is 36.5 Å². The maximum Gasteiger partial charge on any atom is 0.366 e. The van der Waals surface area contributed by atoms with Crippen molar-refractivity contribution in [1.82, 2.24) is 20.5 Å². The Labute approximate surface area is 178 Å². The molecule has 2 aliphatic heterocycles. The van der Waals surface area contributed by atoms with Crippen molar-refractivity contribution in [3.8, 4) is 0 Å². The number of carbonyl (C=O) groups excluding carboxylic acids is 2. The highest BCUT2D eigenvalue weighted by Crippen LogP contribution is 2.35. The smallest absolute Gasteiger partial charge is 0.366 e. The van der Waals surface area contributed by atoms with E-state index in [1.54, 1.807) is 30.0 Å². The molecule has 1 saturated heterocycles. The zero-order chi connectivity index (χ0) is 22.2. The molecule has 3 heterocycles. The maximum atomic E-state index is 14.4. The van der Waals surface area contributed by atoms with Gasteiger partial charge in [0.05, 0.1) is 6.04 Å². The van der Waals surface area contributed by atoms with Gasteiger partial charge in [0.25, 0.3) is 5.91 Å². The summed E-state index contributed by atoms with van der Waals surface area (Å²) < 4.78 is 28.8. The minimum Gasteiger partial charge on any atom is -0.374 e. The van der Waals surface area contributed by atoms with Crippen LogP contribution in [0.1, 0.15) is 47.0 Å². The van der Waals surface area contributed by atoms with Crippen molar-refractivity contribution in [2.45, 2.75) is 51.0 Å². The first kappa shape index (κ1) is 21.3. The number of amides is 2. The first-order valence-electron chi connectivity index (χ1n) is 10.2. The molecule has 4 rings (SSSR count). The number of aliphatic hydroxyl groups is 1. The third kappa shape index (κ3) is 4.15. The zero-order valence-electron chi connectivity index (χ0n) is 17.1. The SMILES string of the molecule is Cc1ccc(C(F)(F)C(=O)NCc2ccc3c(c2)CN(C2CCCNC2=O)[C@H]3O)nc1. The Bertz CT molecular complexity index is 997. The van der Waals surface area contributed by atoms with Gasteiger partial charge in [-0.05, 0) is 48.1 Å². The first-order valence-corrected chi connectivity index (χ1v) is 10.2. The number of fused-ring (bicyclic) bond motifs is 1. The van der Waals surface area contributed by atoms with Gasteiger partial charge >= 0.3 is 5.92 Å². The molecule has 1 aromatic carbocycles. The van der Waals surface area contributed by atoms with E-state index in [1.807, 2.05) is 0 Å². The fraction of sp³-hybridized carbons (Fsp3) is 0.409. The molecule has 9 heteroatoms. The number of carbonyl (C=O) groups is 2. The molecular formula is C22H24F2N4O3. The van der Waals surface area contributed by atoms with Crippen molar-refractivity contribution < 1.29 is 23.5 Å². The molecule has 3 N–H and O–H groups in total. The number of rotatable bonds is 5. The molecule has 2 atom stereocenters. The molecule has 2 aromatic rings. The van der Waals surface area contributed by atoms with E-state index in [0.717, 1.165) is 23.6 Å². The lowest BCUT2D eigenvalue weighted by Crippen LogP contribution is -2.49. The number of aryl methyl sites for hydroxylation is 1. The van der Waals surface area contributed by atoms with Gasteiger partial charge in [-0.25, -0.2) is 0 Å². The second-order valence-corrected chi connectivity index (χ2v) is 8.01. The number of aromatic nitrogens is 1. The number of pyridine rings is 1. The van der Waals surface area contributed by atoms with Crippen LogP contribution in [0, 0.1) is 6.92 Å². The average Bonchev–Trinajstić information content (AvgIpc) is 3.08. The maximum absolute atomic E-state index is 14.4. The number of benzene rings is 1. The summed E-state index contributed by atoms with van der Waals surface area (Å²) in [6.45, 7) is 2.65. The fourth-order valence-corrected chi connectivity index (χ4v) is 4.04. The molecule has 164 valence electrons. The van der Waals surface area contributed by atoms with Crippen molar-refractivity contribution in [2.75, 3.05) is 6.54 Å². The van der Waals surface area contributed by atoms with Crippen molar-refractivity contribution in [3.63, 3.8) is 0 Å². The van der Waals surface area contributed by atoms with Gasteiger partial charge in [-0.3, -0.25) is 19.5 Å². The lowest BCUT2D eigenvalue weighted by Gasteiger charge is -2.32. The average molecular weight is 430 g/mol. The molecule has 7 nitrogen and oxygen atoms in total. The van der Waals surface area contributed by atoms with Gasteiger partial charge in [-0.2, -0.15) is 8.78 Å². The van der Waals surface area contributed by atoms with Crippen LogP contribution in [-0.2, 0) is 28.6 Å². The number of aliphatic hydroxyl groups excluding tert-OH is 1. The predicted octanol–water partition coefficient (Wildman–Crippen LogP) is 1.88. The summed E-state index contributed by atoms with van der Waals surface area (Å²) in [7, 11) is 0. The van der Waals surface area contributed by atoms with Crippen LogP contribution in [0.3, 0.4) is 0 Å². The first-order chi connectivity index (χ1) is 14.8. The quantitative estimate of drug-likeness (QED) is 0.674. The number of hydrogen-bond donors (Lipinski definition) is 3. The summed E-state index contributed by atoms with van der Waals surface area (Å²) in [6, 6.07) is 7.37. The van der Waals surface area contributed by atoms with Crippen molar-refractivity contribution >= 4 is 11.8 Å². The molecule has 2 amide bonds. The second-order valence-electron chi connectivity index (χ2n) is 8.01. The van der Waals surface area contributed by atoms with Gasteiger partial charge in [0, 0.05) is 25.8 Å². The van der Waals surface area contributed by atoms with Crippen molar-refractivity contribution in [2.24, 2.45) is 0 Å². The highest BCUT2D eigenvalue weighted by molar-refractivity contribution is 5.84. The van der Waals surface area contributed by atoms with Gasteiger partial charge in [0.1, 0.15) is 11.9 Å². The summed E-state index contributed by atoms with van der Waals surface area (Å²) >= 11 is 0. The summed E-state index contributed by atoms with van der Waals surface area (Å²) in [5.41, 5.74) is 2.24. The number of hydrogen-bond acceptors (Lipinski definition) is 5. The van der Waals surface area contributed by atoms with E-state index in [1.165, 1.54) is 12.3 Å². The van der Waals surface area contributed by atoms with E-state index in [-0.39, 0.29) is 12.5 Å². The Kier molecular flexibility index (Phi) is 5.72. The highest BCUT2D eigenvalue weighted by Gasteiger charge is 2.42. The van der Waals surface area contributed by atoms with Crippen LogP contribution < -0.4 is 10.6 Å². The number of alkyl halides is 2. The molecular weight excluding hydrogens is 406 g/mol. The van der Waals surface area contributed by atoms with E-state index in [4.69, 9.17) is 0 Å². The van der Waals surface area contributed by atoms with Gasteiger partial charge < -0.3 is 15.7 Å². The minimum absolute atomic E-state index is 0.0897. The summed E-state index contributed by atoms with van der Waals surface area (Å²) in [6.07, 6.45) is 1.91. The predicted molar refractivity (Wildman–Crippen MR) is 108 cm³/mol. The molecule has 31 heavy (non-hydrogen) atoms. The van der Waals surface area contributed by atoms with E-state index >= 15 is 0 Å². The van der Waals surface area contributed by atoms with Crippen LogP contribution in [0.2, 0.25) is 0 Å². The van der Waals surface area contributed by atoms with Crippen LogP contribution in [-0.4, -0.2) is 39.4 Å². The van der Waals surface area contributed by atoms with Crippen molar-refractivity contribution in [1.29, 1.82) is 0 Å². The van der Waals surface area contributed by atoms with E-state index in [9.17, 15) is 23.5 Å². The van der Waals surface area contributed by atoms with E-state index in [0.29, 0.717) is 30.6 Å². The fourth-order valence-electron chi connectivity index (χ4n) is 4.04. The summed E-state index contributed by atoms with van der Waals surface area (Å²) in [5, 5.41) is 15.7. The van der Waals surface area contributed by atoms with Crippen LogP contribution in [0.5, 0.6) is 0 Å². The third-order valence-electron chi connectivity index (χ3n) is 5.78. The lowest BCUT2D eigenvalue weighted by molar-refractivity contribution is -0.147. The Morgan fingerprint density at radius 2 is 2.16 bits per heavy atom. The van der Waals surface area contributed by atoms with E-state index < -0.39 is 29.8 Å². The standard InChI is InChI=1S/C22H24F2N4O3/c1-13-4-7-18(26-10-13)22(23,24)21(31)27-11-14-5-6-16-15(9-14)12-28(20(16)30)17-3-2-8-25-19(17)29/h4-7,9-10,17,20,30H,2-3,8,11-12H2,1H3,(H,25,29)(H,27,31)/t17?,20-/m0/s1. The molecule has 1 aromatic heterocycles. The van der Waals surface area contributed by atoms with Crippen molar-refractivity contribution in [3.05, 3.63) is 64.5 Å². The van der Waals surface area contributed by atoms with Crippen LogP contribution in [0.25, 0.3) is 0 Å². The zero-order valence-corrected chi connectivity index (χ0v) is 17.1. The Balaban J connectivity index is 1.42.